The number of carbonyl (C=O) groups is 1. The maximum Gasteiger partial charge on any atom is 0.152 e. The molecular formula is C16H21N3O. The Hall–Kier alpha value is -1.68. The average molecular weight is 271 g/mol. The van der Waals surface area contributed by atoms with Crippen molar-refractivity contribution in [2.75, 3.05) is 13.1 Å². The number of Topliss-reactive ketones (excluding diaryl/α,β-unsaturated/α-hetero) is 1. The highest BCUT2D eigenvalue weighted by Gasteiger charge is 2.21. The van der Waals surface area contributed by atoms with Gasteiger partial charge in [-0.2, -0.15) is 5.10 Å². The van der Waals surface area contributed by atoms with E-state index >= 15 is 0 Å². The van der Waals surface area contributed by atoms with Crippen LogP contribution < -0.4 is 5.32 Å². The maximum atomic E-state index is 12.0. The minimum atomic E-state index is 0.220. The second-order valence-corrected chi connectivity index (χ2v) is 5.57. The molecule has 1 heterocycles. The van der Waals surface area contributed by atoms with Gasteiger partial charge in [-0.1, -0.05) is 18.2 Å². The summed E-state index contributed by atoms with van der Waals surface area (Å²) in [4.78, 5) is 12.0. The third-order valence-electron chi connectivity index (χ3n) is 3.85. The van der Waals surface area contributed by atoms with Gasteiger partial charge in [-0.15, -0.1) is 0 Å². The first-order chi connectivity index (χ1) is 9.78. The number of nitrogens with one attached hydrogen (secondary N) is 1. The number of fused-ring (bicyclic) bond motifs is 1. The Morgan fingerprint density at radius 1 is 1.40 bits per heavy atom. The van der Waals surface area contributed by atoms with Crippen molar-refractivity contribution in [2.45, 2.75) is 32.7 Å². The summed E-state index contributed by atoms with van der Waals surface area (Å²) in [6.45, 7) is 4.34. The highest BCUT2D eigenvalue weighted by Crippen LogP contribution is 2.27. The van der Waals surface area contributed by atoms with Gasteiger partial charge in [-0.05, 0) is 38.3 Å². The molecule has 1 N–H and O–H groups in total. The van der Waals surface area contributed by atoms with Crippen LogP contribution in [0.5, 0.6) is 0 Å². The predicted octanol–water partition coefficient (Wildman–Crippen LogP) is 2.17. The summed E-state index contributed by atoms with van der Waals surface area (Å²) in [6, 6.07) is 8.13. The molecule has 1 aliphatic rings. The molecule has 0 saturated heterocycles. The Kier molecular flexibility index (Phi) is 3.83. The summed E-state index contributed by atoms with van der Waals surface area (Å²) in [5.41, 5.74) is 2.02. The zero-order valence-corrected chi connectivity index (χ0v) is 11.9. The molecule has 0 spiro atoms. The molecule has 0 atom stereocenters. The van der Waals surface area contributed by atoms with E-state index in [2.05, 4.69) is 29.5 Å². The van der Waals surface area contributed by atoms with Crippen molar-refractivity contribution in [1.82, 2.24) is 15.1 Å². The lowest BCUT2D eigenvalue weighted by Crippen LogP contribution is -2.26. The number of nitrogens with zero attached hydrogens (tertiary/aromatic N) is 2. The molecule has 0 aliphatic heterocycles. The second-order valence-electron chi connectivity index (χ2n) is 5.57. The van der Waals surface area contributed by atoms with E-state index in [4.69, 9.17) is 0 Å². The van der Waals surface area contributed by atoms with Crippen molar-refractivity contribution >= 4 is 16.7 Å². The molecule has 0 radical (unpaired) electrons. The molecule has 20 heavy (non-hydrogen) atoms. The summed E-state index contributed by atoms with van der Waals surface area (Å²) >= 11 is 0. The van der Waals surface area contributed by atoms with Crippen LogP contribution in [0.3, 0.4) is 0 Å². The fourth-order valence-electron chi connectivity index (χ4n) is 2.55. The van der Waals surface area contributed by atoms with E-state index in [0.29, 0.717) is 13.0 Å². The molecule has 2 aromatic rings. The van der Waals surface area contributed by atoms with Gasteiger partial charge in [0.25, 0.3) is 0 Å². The molecule has 106 valence electrons. The summed E-state index contributed by atoms with van der Waals surface area (Å²) in [5.74, 6) is 1.03. The summed E-state index contributed by atoms with van der Waals surface area (Å²) in [7, 11) is 0. The first-order valence-electron chi connectivity index (χ1n) is 7.44. The number of aryl methyl sites for hydroxylation is 1. The van der Waals surface area contributed by atoms with Gasteiger partial charge in [0.05, 0.1) is 24.2 Å². The molecule has 1 aromatic carbocycles. The molecular weight excluding hydrogens is 250 g/mol. The van der Waals surface area contributed by atoms with Crippen LogP contribution >= 0.6 is 0 Å². The topological polar surface area (TPSA) is 46.9 Å². The monoisotopic (exact) mass is 271 g/mol. The molecule has 1 saturated carbocycles. The standard InChI is InChI=1S/C16H21N3O/c1-2-19-16-6-4-3-5-14(16)15(18-19)9-13(20)11-17-10-12-7-8-12/h3-6,12,17H,2,7-11H2,1H3. The SMILES string of the molecule is CCn1nc(CC(=O)CNCC2CC2)c2ccccc21. The number of ketones is 1. The number of carbonyl (C=O) groups excluding carboxylic acids is 1. The van der Waals surface area contributed by atoms with Gasteiger partial charge in [0, 0.05) is 11.9 Å². The van der Waals surface area contributed by atoms with E-state index in [-0.39, 0.29) is 5.78 Å². The van der Waals surface area contributed by atoms with Crippen LogP contribution in [0.15, 0.2) is 24.3 Å². The van der Waals surface area contributed by atoms with Crippen LogP contribution in [-0.2, 0) is 17.8 Å². The van der Waals surface area contributed by atoms with E-state index in [1.807, 2.05) is 16.8 Å². The van der Waals surface area contributed by atoms with Crippen molar-refractivity contribution < 1.29 is 4.79 Å². The molecule has 3 rings (SSSR count). The third-order valence-corrected chi connectivity index (χ3v) is 3.85. The van der Waals surface area contributed by atoms with E-state index in [0.717, 1.165) is 35.6 Å². The highest BCUT2D eigenvalue weighted by molar-refractivity contribution is 5.89. The molecule has 4 heteroatoms. The molecule has 4 nitrogen and oxygen atoms in total. The van der Waals surface area contributed by atoms with Crippen molar-refractivity contribution in [3.63, 3.8) is 0 Å². The lowest BCUT2D eigenvalue weighted by molar-refractivity contribution is -0.117. The number of benzene rings is 1. The molecule has 0 unspecified atom stereocenters. The highest BCUT2D eigenvalue weighted by atomic mass is 16.1. The summed E-state index contributed by atoms with van der Waals surface area (Å²) in [6.07, 6.45) is 3.05. The first-order valence-corrected chi connectivity index (χ1v) is 7.44. The molecule has 0 bridgehead atoms. The van der Waals surface area contributed by atoms with Crippen molar-refractivity contribution in [1.29, 1.82) is 0 Å². The van der Waals surface area contributed by atoms with E-state index in [1.54, 1.807) is 0 Å². The summed E-state index contributed by atoms with van der Waals surface area (Å²) in [5, 5.41) is 8.93. The second kappa shape index (κ2) is 5.75. The number of aromatic nitrogens is 2. The quantitative estimate of drug-likeness (QED) is 0.839. The lowest BCUT2D eigenvalue weighted by Gasteiger charge is -2.01. The van der Waals surface area contributed by atoms with Crippen LogP contribution in [0.4, 0.5) is 0 Å². The zero-order chi connectivity index (χ0) is 13.9. The van der Waals surface area contributed by atoms with Gasteiger partial charge < -0.3 is 5.32 Å². The third kappa shape index (κ3) is 2.90. The summed E-state index contributed by atoms with van der Waals surface area (Å²) < 4.78 is 1.97. The van der Waals surface area contributed by atoms with Crippen LogP contribution in [0, 0.1) is 5.92 Å². The van der Waals surface area contributed by atoms with Gasteiger partial charge >= 0.3 is 0 Å². The van der Waals surface area contributed by atoms with Crippen molar-refractivity contribution in [2.24, 2.45) is 5.92 Å². The van der Waals surface area contributed by atoms with E-state index < -0.39 is 0 Å². The Morgan fingerprint density at radius 3 is 2.95 bits per heavy atom. The largest absolute Gasteiger partial charge is 0.310 e. The number of hydrogen-bond acceptors (Lipinski definition) is 3. The van der Waals surface area contributed by atoms with Gasteiger partial charge in [0.15, 0.2) is 5.78 Å². The fraction of sp³-hybridized carbons (Fsp3) is 0.500. The molecule has 1 aromatic heterocycles. The lowest BCUT2D eigenvalue weighted by atomic mass is 10.1. The predicted molar refractivity (Wildman–Crippen MR) is 79.7 cm³/mol. The maximum absolute atomic E-state index is 12.0. The van der Waals surface area contributed by atoms with E-state index in [9.17, 15) is 4.79 Å². The Morgan fingerprint density at radius 2 is 2.20 bits per heavy atom. The number of hydrogen-bond donors (Lipinski definition) is 1. The van der Waals surface area contributed by atoms with Crippen LogP contribution in [0.1, 0.15) is 25.5 Å². The van der Waals surface area contributed by atoms with Gasteiger partial charge in [0.1, 0.15) is 0 Å². The van der Waals surface area contributed by atoms with Crippen LogP contribution in [0.25, 0.3) is 10.9 Å². The van der Waals surface area contributed by atoms with Gasteiger partial charge in [0.2, 0.25) is 0 Å². The van der Waals surface area contributed by atoms with Crippen molar-refractivity contribution in [3.05, 3.63) is 30.0 Å². The minimum absolute atomic E-state index is 0.220. The smallest absolute Gasteiger partial charge is 0.152 e. The van der Waals surface area contributed by atoms with Crippen LogP contribution in [0.2, 0.25) is 0 Å². The van der Waals surface area contributed by atoms with Crippen molar-refractivity contribution in [3.8, 4) is 0 Å². The number of rotatable bonds is 7. The Labute approximate surface area is 119 Å². The fourth-order valence-corrected chi connectivity index (χ4v) is 2.55. The van der Waals surface area contributed by atoms with E-state index in [1.165, 1.54) is 12.8 Å². The Bertz CT molecular complexity index is 613. The Balaban J connectivity index is 1.68. The average Bonchev–Trinajstić information content (AvgIpc) is 3.21. The zero-order valence-electron chi connectivity index (χ0n) is 11.9. The first kappa shape index (κ1) is 13.3. The van der Waals surface area contributed by atoms with Crippen LogP contribution in [-0.4, -0.2) is 28.7 Å². The molecule has 1 fully saturated rings. The molecule has 1 aliphatic carbocycles. The molecule has 0 amide bonds. The normalized spacial score (nSPS) is 14.8. The van der Waals surface area contributed by atoms with Gasteiger partial charge in [-0.3, -0.25) is 9.48 Å². The van der Waals surface area contributed by atoms with Gasteiger partial charge in [-0.25, -0.2) is 0 Å². The minimum Gasteiger partial charge on any atom is -0.310 e. The number of para-hydroxylation sites is 1.